The first-order valence-electron chi connectivity index (χ1n) is 3.29. The molecule has 1 rings (SSSR count). The van der Waals surface area contributed by atoms with Crippen molar-refractivity contribution >= 4 is 11.3 Å². The number of nitrogens with two attached hydrogens (primary N) is 1. The van der Waals surface area contributed by atoms with Crippen LogP contribution < -0.4 is 10.5 Å². The number of thiophene rings is 1. The van der Waals surface area contributed by atoms with E-state index in [4.69, 9.17) is 10.5 Å². The Balaban J connectivity index is 2.79. The van der Waals surface area contributed by atoms with Crippen LogP contribution in [0.1, 0.15) is 10.9 Å². The number of methoxy groups -OCH3 is 1. The molecule has 0 bridgehead atoms. The molecule has 11 heavy (non-hydrogen) atoms. The van der Waals surface area contributed by atoms with Crippen LogP contribution in [0.25, 0.3) is 0 Å². The minimum absolute atomic E-state index is 0.0658. The highest BCUT2D eigenvalue weighted by Crippen LogP contribution is 2.27. The summed E-state index contributed by atoms with van der Waals surface area (Å²) in [6.45, 7) is 3.61. The molecule has 2 N–H and O–H groups in total. The average molecular weight is 169 g/mol. The quantitative estimate of drug-likeness (QED) is 0.702. The summed E-state index contributed by atoms with van der Waals surface area (Å²) in [6, 6.07) is 3.79. The molecule has 0 spiro atoms. The molecule has 1 heterocycles. The summed E-state index contributed by atoms with van der Waals surface area (Å²) in [5.74, 6) is 0. The topological polar surface area (TPSA) is 35.2 Å². The van der Waals surface area contributed by atoms with Crippen LogP contribution in [0.15, 0.2) is 24.8 Å². The van der Waals surface area contributed by atoms with E-state index in [1.54, 1.807) is 24.5 Å². The first-order chi connectivity index (χ1) is 5.27. The Labute approximate surface area is 70.3 Å². The van der Waals surface area contributed by atoms with Crippen LogP contribution in [0.2, 0.25) is 0 Å². The molecule has 1 unspecified atom stereocenters. The van der Waals surface area contributed by atoms with E-state index in [9.17, 15) is 0 Å². The van der Waals surface area contributed by atoms with E-state index in [1.807, 2.05) is 12.1 Å². The van der Waals surface area contributed by atoms with Crippen molar-refractivity contribution in [3.63, 3.8) is 0 Å². The second-order valence-electron chi connectivity index (χ2n) is 2.12. The average Bonchev–Trinajstić information content (AvgIpc) is 2.50. The molecule has 1 atom stereocenters. The largest absolute Gasteiger partial charge is 0.487 e. The second kappa shape index (κ2) is 3.55. The van der Waals surface area contributed by atoms with E-state index in [0.717, 1.165) is 9.94 Å². The Morgan fingerprint density at radius 3 is 2.91 bits per heavy atom. The molecule has 0 aromatic carbocycles. The SMILES string of the molecule is C=CC(N)c1ccc(OC)s1. The number of hydrogen-bond acceptors (Lipinski definition) is 3. The third-order valence-electron chi connectivity index (χ3n) is 1.39. The van der Waals surface area contributed by atoms with Crippen molar-refractivity contribution in [2.75, 3.05) is 7.11 Å². The Hall–Kier alpha value is -0.800. The zero-order valence-corrected chi connectivity index (χ0v) is 7.23. The highest BCUT2D eigenvalue weighted by Gasteiger charge is 2.04. The molecule has 0 saturated carbocycles. The van der Waals surface area contributed by atoms with E-state index in [0.29, 0.717) is 0 Å². The number of rotatable bonds is 3. The molecule has 0 aliphatic carbocycles. The van der Waals surface area contributed by atoms with E-state index in [-0.39, 0.29) is 6.04 Å². The normalized spacial score (nSPS) is 12.5. The van der Waals surface area contributed by atoms with Gasteiger partial charge in [-0.1, -0.05) is 6.08 Å². The third kappa shape index (κ3) is 1.82. The predicted octanol–water partition coefficient (Wildman–Crippen LogP) is 1.94. The Morgan fingerprint density at radius 2 is 2.45 bits per heavy atom. The minimum Gasteiger partial charge on any atom is -0.487 e. The first-order valence-corrected chi connectivity index (χ1v) is 4.11. The van der Waals surface area contributed by atoms with Gasteiger partial charge in [0, 0.05) is 4.88 Å². The molecule has 0 aliphatic rings. The molecular formula is C8H11NOS. The summed E-state index contributed by atoms with van der Waals surface area (Å²) < 4.78 is 5.02. The predicted molar refractivity (Wildman–Crippen MR) is 48.0 cm³/mol. The summed E-state index contributed by atoms with van der Waals surface area (Å²) >= 11 is 1.55. The first kappa shape index (κ1) is 8.30. The molecular weight excluding hydrogens is 158 g/mol. The lowest BCUT2D eigenvalue weighted by atomic mass is 10.2. The van der Waals surface area contributed by atoms with Gasteiger partial charge < -0.3 is 10.5 Å². The van der Waals surface area contributed by atoms with Gasteiger partial charge in [0.15, 0.2) is 5.06 Å². The number of ether oxygens (including phenoxy) is 1. The standard InChI is InChI=1S/C8H11NOS/c1-3-6(9)7-4-5-8(10-2)11-7/h3-6H,1,9H2,2H3. The van der Waals surface area contributed by atoms with Gasteiger partial charge in [-0.25, -0.2) is 0 Å². The fourth-order valence-electron chi connectivity index (χ4n) is 0.739. The van der Waals surface area contributed by atoms with Crippen LogP contribution in [0, 0.1) is 0 Å². The molecule has 60 valence electrons. The molecule has 1 aromatic rings. The second-order valence-corrected chi connectivity index (χ2v) is 3.20. The molecule has 0 aliphatic heterocycles. The van der Waals surface area contributed by atoms with Crippen LogP contribution in [-0.4, -0.2) is 7.11 Å². The smallest absolute Gasteiger partial charge is 0.173 e. The van der Waals surface area contributed by atoms with E-state index >= 15 is 0 Å². The van der Waals surface area contributed by atoms with Gasteiger partial charge in [0.1, 0.15) is 0 Å². The van der Waals surface area contributed by atoms with Crippen LogP contribution >= 0.6 is 11.3 Å². The van der Waals surface area contributed by atoms with Crippen molar-refractivity contribution in [3.8, 4) is 5.06 Å². The van der Waals surface area contributed by atoms with Gasteiger partial charge in [0.25, 0.3) is 0 Å². The monoisotopic (exact) mass is 169 g/mol. The maximum atomic E-state index is 5.70. The number of hydrogen-bond donors (Lipinski definition) is 1. The minimum atomic E-state index is -0.0658. The van der Waals surface area contributed by atoms with Gasteiger partial charge in [-0.3, -0.25) is 0 Å². The molecule has 0 fully saturated rings. The van der Waals surface area contributed by atoms with Crippen LogP contribution in [0.5, 0.6) is 5.06 Å². The fourth-order valence-corrected chi connectivity index (χ4v) is 1.56. The van der Waals surface area contributed by atoms with Crippen LogP contribution in [0.4, 0.5) is 0 Å². The Bertz CT molecular complexity index is 244. The van der Waals surface area contributed by atoms with Crippen LogP contribution in [-0.2, 0) is 0 Å². The maximum Gasteiger partial charge on any atom is 0.173 e. The molecule has 1 aromatic heterocycles. The zero-order chi connectivity index (χ0) is 8.27. The molecule has 0 amide bonds. The zero-order valence-electron chi connectivity index (χ0n) is 6.41. The van der Waals surface area contributed by atoms with Gasteiger partial charge in [-0.05, 0) is 12.1 Å². The lowest BCUT2D eigenvalue weighted by Crippen LogP contribution is -2.03. The summed E-state index contributed by atoms with van der Waals surface area (Å²) in [5, 5.41) is 0.886. The fraction of sp³-hybridized carbons (Fsp3) is 0.250. The lowest BCUT2D eigenvalue weighted by molar-refractivity contribution is 0.427. The van der Waals surface area contributed by atoms with Crippen molar-refractivity contribution < 1.29 is 4.74 Å². The van der Waals surface area contributed by atoms with Gasteiger partial charge in [-0.2, -0.15) is 0 Å². The molecule has 3 heteroatoms. The van der Waals surface area contributed by atoms with Gasteiger partial charge >= 0.3 is 0 Å². The van der Waals surface area contributed by atoms with Gasteiger partial charge in [0.2, 0.25) is 0 Å². The Kier molecular flexibility index (Phi) is 2.68. The van der Waals surface area contributed by atoms with Crippen molar-refractivity contribution in [2.24, 2.45) is 5.73 Å². The molecule has 0 radical (unpaired) electrons. The summed E-state index contributed by atoms with van der Waals surface area (Å²) in [6.07, 6.45) is 1.71. The maximum absolute atomic E-state index is 5.70. The van der Waals surface area contributed by atoms with E-state index in [1.165, 1.54) is 0 Å². The van der Waals surface area contributed by atoms with Crippen molar-refractivity contribution in [2.45, 2.75) is 6.04 Å². The van der Waals surface area contributed by atoms with Crippen molar-refractivity contribution in [1.29, 1.82) is 0 Å². The third-order valence-corrected chi connectivity index (χ3v) is 2.53. The van der Waals surface area contributed by atoms with Crippen molar-refractivity contribution in [3.05, 3.63) is 29.7 Å². The highest BCUT2D eigenvalue weighted by molar-refractivity contribution is 7.13. The van der Waals surface area contributed by atoms with E-state index < -0.39 is 0 Å². The van der Waals surface area contributed by atoms with Gasteiger partial charge in [0.05, 0.1) is 13.2 Å². The Morgan fingerprint density at radius 1 is 1.73 bits per heavy atom. The van der Waals surface area contributed by atoms with E-state index in [2.05, 4.69) is 6.58 Å². The summed E-state index contributed by atoms with van der Waals surface area (Å²) in [4.78, 5) is 1.08. The summed E-state index contributed by atoms with van der Waals surface area (Å²) in [5.41, 5.74) is 5.70. The molecule has 0 saturated heterocycles. The van der Waals surface area contributed by atoms with Crippen molar-refractivity contribution in [1.82, 2.24) is 0 Å². The molecule has 2 nitrogen and oxygen atoms in total. The van der Waals surface area contributed by atoms with Gasteiger partial charge in [-0.15, -0.1) is 17.9 Å². The highest BCUT2D eigenvalue weighted by atomic mass is 32.1. The summed E-state index contributed by atoms with van der Waals surface area (Å²) in [7, 11) is 1.65. The van der Waals surface area contributed by atoms with Crippen LogP contribution in [0.3, 0.4) is 0 Å². The lowest BCUT2D eigenvalue weighted by Gasteiger charge is -1.99.